The van der Waals surface area contributed by atoms with Gasteiger partial charge in [0.1, 0.15) is 12.1 Å². The molecule has 0 spiro atoms. The van der Waals surface area contributed by atoms with Crippen LogP contribution < -0.4 is 5.32 Å². The molecule has 7 nitrogen and oxygen atoms in total. The monoisotopic (exact) mass is 454 g/mol. The van der Waals surface area contributed by atoms with Crippen LogP contribution in [-0.4, -0.2) is 27.0 Å². The van der Waals surface area contributed by atoms with Gasteiger partial charge in [0.05, 0.1) is 22.5 Å². The van der Waals surface area contributed by atoms with Crippen LogP contribution in [-0.2, 0) is 0 Å². The second-order valence-corrected chi connectivity index (χ2v) is 8.47. The summed E-state index contributed by atoms with van der Waals surface area (Å²) >= 11 is 0. The van der Waals surface area contributed by atoms with Crippen LogP contribution in [0.1, 0.15) is 57.3 Å². The maximum atomic E-state index is 11.4. The number of carbonyl (C=O) groups excluding carboxylic acids is 1. The van der Waals surface area contributed by atoms with Crippen LogP contribution in [0.5, 0.6) is 0 Å². The van der Waals surface area contributed by atoms with Gasteiger partial charge in [-0.1, -0.05) is 6.92 Å². The van der Waals surface area contributed by atoms with Crippen molar-refractivity contribution in [3.05, 3.63) is 72.0 Å². The number of rotatable bonds is 7. The summed E-state index contributed by atoms with van der Waals surface area (Å²) in [6, 6.07) is 11.9. The van der Waals surface area contributed by atoms with Crippen LogP contribution in [0.15, 0.2) is 71.4 Å². The molecular formula is C27H30N6O. The van der Waals surface area contributed by atoms with Crippen LogP contribution in [0.3, 0.4) is 0 Å². The lowest BCUT2D eigenvalue weighted by Crippen LogP contribution is -1.99. The molecule has 1 N–H and O–H groups in total. The van der Waals surface area contributed by atoms with Gasteiger partial charge in [-0.25, -0.2) is 9.97 Å². The SMILES string of the molecule is C=N/C(C)=C\C=C(/C)Nc1ccc2c(c1)ncn2-c1ccc(C(C)=O)cn1.CCC1(C#N)CC1. The van der Waals surface area contributed by atoms with E-state index in [1.54, 1.807) is 18.6 Å². The van der Waals surface area contributed by atoms with E-state index in [0.29, 0.717) is 5.56 Å². The van der Waals surface area contributed by atoms with E-state index in [1.165, 1.54) is 6.92 Å². The first-order valence-corrected chi connectivity index (χ1v) is 11.3. The van der Waals surface area contributed by atoms with E-state index >= 15 is 0 Å². The lowest BCUT2D eigenvalue weighted by atomic mass is 10.1. The number of nitrogens with zero attached hydrogens (tertiary/aromatic N) is 5. The van der Waals surface area contributed by atoms with Gasteiger partial charge < -0.3 is 5.32 Å². The third kappa shape index (κ3) is 6.04. The first-order valence-electron chi connectivity index (χ1n) is 11.3. The van der Waals surface area contributed by atoms with Crippen molar-refractivity contribution in [1.82, 2.24) is 14.5 Å². The zero-order chi connectivity index (χ0) is 24.7. The number of anilines is 1. The summed E-state index contributed by atoms with van der Waals surface area (Å²) in [5.74, 6) is 0.717. The highest BCUT2D eigenvalue weighted by Crippen LogP contribution is 2.47. The van der Waals surface area contributed by atoms with E-state index in [4.69, 9.17) is 5.26 Å². The predicted octanol–water partition coefficient (Wildman–Crippen LogP) is 6.24. The summed E-state index contributed by atoms with van der Waals surface area (Å²) in [5, 5.41) is 11.7. The Morgan fingerprint density at radius 1 is 1.24 bits per heavy atom. The lowest BCUT2D eigenvalue weighted by molar-refractivity contribution is 0.101. The number of imidazole rings is 1. The van der Waals surface area contributed by atoms with Gasteiger partial charge in [-0.2, -0.15) is 5.26 Å². The van der Waals surface area contributed by atoms with E-state index in [-0.39, 0.29) is 11.2 Å². The number of nitriles is 1. The molecule has 1 aliphatic rings. The Kier molecular flexibility index (Phi) is 7.75. The molecule has 0 unspecified atom stereocenters. The summed E-state index contributed by atoms with van der Waals surface area (Å²) in [4.78, 5) is 24.1. The third-order valence-electron chi connectivity index (χ3n) is 5.88. The molecule has 1 aliphatic carbocycles. The Labute approximate surface area is 200 Å². The number of carbonyl (C=O) groups is 1. The molecule has 4 rings (SSSR count). The number of aliphatic imine (C=N–C) groups is 1. The Hall–Kier alpha value is -4.05. The first-order chi connectivity index (χ1) is 16.3. The Balaban J connectivity index is 0.000000396. The summed E-state index contributed by atoms with van der Waals surface area (Å²) in [7, 11) is 0. The minimum absolute atomic E-state index is 0.00223. The largest absolute Gasteiger partial charge is 0.359 e. The number of hydrogen-bond donors (Lipinski definition) is 1. The van der Waals surface area contributed by atoms with Crippen molar-refractivity contribution in [3.63, 3.8) is 0 Å². The number of allylic oxidation sites excluding steroid dienone is 4. The average Bonchev–Trinajstić information content (AvgIpc) is 3.54. The Morgan fingerprint density at radius 2 is 2.00 bits per heavy atom. The quantitative estimate of drug-likeness (QED) is 0.259. The van der Waals surface area contributed by atoms with Crippen LogP contribution in [0, 0.1) is 16.7 Å². The number of benzene rings is 1. The van der Waals surface area contributed by atoms with E-state index in [9.17, 15) is 4.79 Å². The van der Waals surface area contributed by atoms with E-state index in [1.807, 2.05) is 54.8 Å². The molecule has 7 heteroatoms. The van der Waals surface area contributed by atoms with Crippen LogP contribution in [0.2, 0.25) is 0 Å². The van der Waals surface area contributed by atoms with Gasteiger partial charge in [-0.05, 0) is 89.2 Å². The Morgan fingerprint density at radius 3 is 2.53 bits per heavy atom. The molecule has 0 aliphatic heterocycles. The predicted molar refractivity (Wildman–Crippen MR) is 137 cm³/mol. The fraction of sp³-hybridized carbons (Fsp3) is 0.296. The summed E-state index contributed by atoms with van der Waals surface area (Å²) in [6.45, 7) is 11.0. The minimum Gasteiger partial charge on any atom is -0.359 e. The molecule has 2 heterocycles. The maximum Gasteiger partial charge on any atom is 0.161 e. The molecule has 1 fully saturated rings. The van der Waals surface area contributed by atoms with Gasteiger partial charge in [-0.15, -0.1) is 0 Å². The fourth-order valence-electron chi connectivity index (χ4n) is 3.27. The lowest BCUT2D eigenvalue weighted by Gasteiger charge is -2.07. The van der Waals surface area contributed by atoms with Crippen LogP contribution in [0.25, 0.3) is 16.9 Å². The summed E-state index contributed by atoms with van der Waals surface area (Å²) < 4.78 is 1.90. The second-order valence-electron chi connectivity index (χ2n) is 8.47. The van der Waals surface area contributed by atoms with Crippen molar-refractivity contribution in [1.29, 1.82) is 5.26 Å². The molecule has 34 heavy (non-hydrogen) atoms. The number of pyridine rings is 1. The maximum absolute atomic E-state index is 11.4. The van der Waals surface area contributed by atoms with Gasteiger partial charge in [-0.3, -0.25) is 14.4 Å². The highest BCUT2D eigenvalue weighted by atomic mass is 16.1. The summed E-state index contributed by atoms with van der Waals surface area (Å²) in [5.41, 5.74) is 5.31. The third-order valence-corrected chi connectivity index (χ3v) is 5.88. The van der Waals surface area contributed by atoms with Crippen molar-refractivity contribution in [2.75, 3.05) is 5.32 Å². The standard InChI is InChI=1S/C21H21N5O.C6H9N/c1-14(22-4)5-6-15(2)25-18-8-9-20-19(11-18)24-13-26(20)21-10-7-17(12-23-21)16(3)27;1-2-6(5-7)3-4-6/h5-13,25H,4H2,1-3H3;2-4H2,1H3/b14-5-,15-6+;. The number of fused-ring (bicyclic) bond motifs is 1. The zero-order valence-electron chi connectivity index (χ0n) is 20.2. The number of nitrogens with one attached hydrogen (secondary N) is 1. The number of hydrogen-bond acceptors (Lipinski definition) is 6. The Bertz CT molecular complexity index is 1290. The number of ketones is 1. The van der Waals surface area contributed by atoms with Crippen molar-refractivity contribution in [2.45, 2.75) is 47.0 Å². The van der Waals surface area contributed by atoms with Gasteiger partial charge in [0.25, 0.3) is 0 Å². The second kappa shape index (κ2) is 10.7. The minimum atomic E-state index is -0.00223. The molecule has 0 radical (unpaired) electrons. The topological polar surface area (TPSA) is 96.0 Å². The van der Waals surface area contributed by atoms with E-state index in [2.05, 4.69) is 40.0 Å². The van der Waals surface area contributed by atoms with Crippen molar-refractivity contribution in [2.24, 2.45) is 10.4 Å². The van der Waals surface area contributed by atoms with Gasteiger partial charge in [0.15, 0.2) is 5.78 Å². The number of aromatic nitrogens is 3. The van der Waals surface area contributed by atoms with Crippen molar-refractivity contribution >= 4 is 29.2 Å². The molecule has 0 bridgehead atoms. The normalized spacial score (nSPS) is 14.6. The molecule has 3 aromatic rings. The van der Waals surface area contributed by atoms with Crippen LogP contribution >= 0.6 is 0 Å². The number of Topliss-reactive ketones (excluding diaryl/α,β-unsaturated/α-hetero) is 1. The molecular weight excluding hydrogens is 424 g/mol. The van der Waals surface area contributed by atoms with Crippen molar-refractivity contribution < 1.29 is 4.79 Å². The van der Waals surface area contributed by atoms with Gasteiger partial charge in [0.2, 0.25) is 0 Å². The average molecular weight is 455 g/mol. The van der Waals surface area contributed by atoms with E-state index in [0.717, 1.165) is 53.2 Å². The van der Waals surface area contributed by atoms with Crippen molar-refractivity contribution in [3.8, 4) is 11.9 Å². The summed E-state index contributed by atoms with van der Waals surface area (Å²) in [6.07, 6.45) is 10.5. The molecule has 1 aromatic carbocycles. The zero-order valence-corrected chi connectivity index (χ0v) is 20.2. The molecule has 0 atom stereocenters. The van der Waals surface area contributed by atoms with Crippen LogP contribution in [0.4, 0.5) is 5.69 Å². The fourth-order valence-corrected chi connectivity index (χ4v) is 3.27. The molecule has 0 amide bonds. The molecule has 174 valence electrons. The van der Waals surface area contributed by atoms with Gasteiger partial charge >= 0.3 is 0 Å². The molecule has 1 saturated carbocycles. The highest BCUT2D eigenvalue weighted by Gasteiger charge is 2.40. The highest BCUT2D eigenvalue weighted by molar-refractivity contribution is 5.93. The first kappa shape index (κ1) is 24.6. The van der Waals surface area contributed by atoms with Gasteiger partial charge in [0, 0.05) is 28.8 Å². The smallest absolute Gasteiger partial charge is 0.161 e. The van der Waals surface area contributed by atoms with E-state index < -0.39 is 0 Å². The molecule has 0 saturated heterocycles. The molecule has 2 aromatic heterocycles.